The van der Waals surface area contributed by atoms with Crippen LogP contribution in [0.5, 0.6) is 17.6 Å². The van der Waals surface area contributed by atoms with Crippen LogP contribution >= 0.6 is 11.3 Å². The van der Waals surface area contributed by atoms with Gasteiger partial charge in [-0.05, 0) is 130 Å². The number of amides is 4. The predicted molar refractivity (Wildman–Crippen MR) is 363 cm³/mol. The van der Waals surface area contributed by atoms with Gasteiger partial charge in [-0.2, -0.15) is 9.97 Å². The van der Waals surface area contributed by atoms with E-state index in [9.17, 15) is 19.2 Å². The minimum absolute atomic E-state index is 0.00218. The van der Waals surface area contributed by atoms with Crippen LogP contribution in [-0.2, 0) is 30.2 Å². The molecule has 7 aromatic rings. The maximum absolute atomic E-state index is 17.9. The summed E-state index contributed by atoms with van der Waals surface area (Å²) in [5.74, 6) is -0.294. The van der Waals surface area contributed by atoms with E-state index in [1.807, 2.05) is 95.3 Å². The van der Waals surface area contributed by atoms with Crippen LogP contribution in [0.3, 0.4) is 0 Å². The van der Waals surface area contributed by atoms with Crippen molar-refractivity contribution in [2.75, 3.05) is 71.4 Å². The van der Waals surface area contributed by atoms with Crippen LogP contribution in [0.2, 0.25) is 0 Å². The van der Waals surface area contributed by atoms with Gasteiger partial charge in [-0.1, -0.05) is 82.5 Å². The Hall–Kier alpha value is -8.22. The molecule has 4 amide bonds. The molecule has 0 saturated carbocycles. The van der Waals surface area contributed by atoms with Gasteiger partial charge in [0.05, 0.1) is 39.6 Å². The summed E-state index contributed by atoms with van der Waals surface area (Å²) < 4.78 is 60.0. The van der Waals surface area contributed by atoms with Gasteiger partial charge in [0.15, 0.2) is 18.4 Å². The van der Waals surface area contributed by atoms with E-state index >= 15 is 4.39 Å². The molecule has 512 valence electrons. The number of hydrogen-bond acceptors (Lipinski definition) is 19. The number of nitrogens with one attached hydrogen (secondary N) is 1. The molecular formula is C72H90FN11O11S. The molecule has 0 radical (unpaired) electrons. The predicted octanol–water partition coefficient (Wildman–Crippen LogP) is 12.8. The minimum Gasteiger partial charge on any atom is -0.472 e. The van der Waals surface area contributed by atoms with Gasteiger partial charge in [0.25, 0.3) is 5.88 Å². The molecule has 6 unspecified atom stereocenters. The van der Waals surface area contributed by atoms with Crippen LogP contribution < -0.4 is 24.4 Å². The van der Waals surface area contributed by atoms with Gasteiger partial charge in [-0.25, -0.2) is 19.0 Å². The van der Waals surface area contributed by atoms with Crippen molar-refractivity contribution >= 4 is 62.8 Å². The molecule has 5 saturated heterocycles. The van der Waals surface area contributed by atoms with Gasteiger partial charge in [-0.3, -0.25) is 24.4 Å². The number of carbonyl (C=O) groups excluding carboxylic acids is 4. The summed E-state index contributed by atoms with van der Waals surface area (Å²) in [6, 6.07) is 18.1. The Morgan fingerprint density at radius 2 is 1.61 bits per heavy atom. The highest BCUT2D eigenvalue weighted by atomic mass is 32.1. The second kappa shape index (κ2) is 29.6. The zero-order valence-electron chi connectivity index (χ0n) is 56.6. The van der Waals surface area contributed by atoms with Gasteiger partial charge < -0.3 is 53.0 Å². The largest absolute Gasteiger partial charge is 0.472 e. The molecule has 24 heteroatoms. The molecule has 22 nitrogen and oxygen atoms in total. The molecule has 3 aromatic carbocycles. The van der Waals surface area contributed by atoms with Crippen molar-refractivity contribution < 1.29 is 56.5 Å². The number of ether oxygens (including phenoxy) is 6. The first kappa shape index (κ1) is 67.7. The summed E-state index contributed by atoms with van der Waals surface area (Å²) in [5, 5.41) is 9.54. The highest BCUT2D eigenvalue weighted by Crippen LogP contribution is 2.42. The van der Waals surface area contributed by atoms with Crippen LogP contribution in [0.4, 0.5) is 19.8 Å². The highest BCUT2D eigenvalue weighted by Gasteiger charge is 2.46. The Bertz CT molecular complexity index is 3900. The number of nitrogens with zero attached hydrogens (tertiary/aromatic N) is 10. The highest BCUT2D eigenvalue weighted by molar-refractivity contribution is 7.13. The van der Waals surface area contributed by atoms with E-state index < -0.39 is 29.5 Å². The molecule has 5 fully saturated rings. The first-order chi connectivity index (χ1) is 46.3. The third-order valence-electron chi connectivity index (χ3n) is 19.4. The number of pyridine rings is 1. The van der Waals surface area contributed by atoms with Crippen LogP contribution in [0.25, 0.3) is 43.4 Å². The van der Waals surface area contributed by atoms with Crippen LogP contribution in [0.1, 0.15) is 154 Å². The Balaban J connectivity index is 0.694. The van der Waals surface area contributed by atoms with Crippen molar-refractivity contribution in [3.05, 3.63) is 101 Å². The first-order valence-corrected chi connectivity index (χ1v) is 35.0. The Morgan fingerprint density at radius 3 is 2.33 bits per heavy atom. The van der Waals surface area contributed by atoms with E-state index in [0.29, 0.717) is 99.6 Å². The summed E-state index contributed by atoms with van der Waals surface area (Å²) in [6.45, 7) is 18.5. The summed E-state index contributed by atoms with van der Waals surface area (Å²) in [5.41, 5.74) is 5.91. The number of anilines is 1. The lowest BCUT2D eigenvalue weighted by molar-refractivity contribution is -0.141. The topological polar surface area (TPSA) is 229 Å². The maximum Gasteiger partial charge on any atom is 0.410 e. The number of aromatic nitrogens is 5. The number of piperidine rings is 1. The van der Waals surface area contributed by atoms with Crippen molar-refractivity contribution in [3.63, 3.8) is 0 Å². The number of aryl methyl sites for hydroxylation is 2. The van der Waals surface area contributed by atoms with Crippen molar-refractivity contribution in [1.82, 2.24) is 50.0 Å². The first-order valence-electron chi connectivity index (χ1n) is 34.2. The zero-order chi connectivity index (χ0) is 67.4. The fourth-order valence-electron chi connectivity index (χ4n) is 14.5. The fraction of sp³-hybridized carbons (Fsp3) is 0.542. The number of hydrogen-bond donors (Lipinski definition) is 1. The molecule has 4 aromatic heterocycles. The van der Waals surface area contributed by atoms with Crippen molar-refractivity contribution in [3.8, 4) is 39.3 Å². The third-order valence-corrected chi connectivity index (χ3v) is 20.4. The molecule has 1 N–H and O–H groups in total. The van der Waals surface area contributed by atoms with E-state index in [2.05, 4.69) is 44.3 Å². The van der Waals surface area contributed by atoms with Crippen LogP contribution in [0.15, 0.2) is 76.9 Å². The average molecular weight is 1340 g/mol. The average Bonchev–Trinajstić information content (AvgIpc) is 1.08. The van der Waals surface area contributed by atoms with Crippen LogP contribution in [-0.4, -0.2) is 171 Å². The molecule has 96 heavy (non-hydrogen) atoms. The molecule has 12 rings (SSSR count). The number of benzene rings is 3. The van der Waals surface area contributed by atoms with E-state index in [4.69, 9.17) is 47.9 Å². The number of piperazine rings is 1. The third kappa shape index (κ3) is 15.0. The van der Waals surface area contributed by atoms with E-state index in [1.54, 1.807) is 46.6 Å². The number of fused-ring (bicyclic) bond motifs is 4. The van der Waals surface area contributed by atoms with Crippen molar-refractivity contribution in [2.45, 2.75) is 180 Å². The normalized spacial score (nSPS) is 20.3. The lowest BCUT2D eigenvalue weighted by atomic mass is 9.91. The van der Waals surface area contributed by atoms with Gasteiger partial charge in [0.1, 0.15) is 59.8 Å². The standard InChI is InChI=1S/C72H90FN11O11S/c1-10-46-17-15-18-49-33-54(92-42-89-9)34-55(61(46)49)63-62(73)64-56(36-74-63)66(82-37-50-25-26-51(38-82)84(50)71(88)94-72(6,7)8)78-69(77-64)91-41-81-29-14-12-11-13-19-52(81)39-90-70(87)80-31-27-53(28-32-80)93-59-35-58(95-79-59)60(43(2)3)68(86)83-30-16-20-57(83)67(85)76-44(4)47-21-23-48(24-22-47)65-45(5)75-40-96-65/h15,17-18,21-24,33-36,40,43-44,50-53,57,60H,10-14,16,19-20,25-32,37-39,41-42H2,1-9H3,(H,76,85). The Kier molecular flexibility index (Phi) is 20.9. The van der Waals surface area contributed by atoms with Gasteiger partial charge in [0, 0.05) is 83.1 Å². The quantitative estimate of drug-likeness (QED) is 0.0699. The second-order valence-corrected chi connectivity index (χ2v) is 28.4. The lowest BCUT2D eigenvalue weighted by Gasteiger charge is -2.42. The second-order valence-electron chi connectivity index (χ2n) is 27.5. The molecule has 0 spiro atoms. The smallest absolute Gasteiger partial charge is 0.410 e. The number of methoxy groups -OCH3 is 1. The maximum atomic E-state index is 17.9. The van der Waals surface area contributed by atoms with Gasteiger partial charge >= 0.3 is 18.2 Å². The summed E-state index contributed by atoms with van der Waals surface area (Å²) in [6.07, 6.45) is 9.80. The fourth-order valence-corrected chi connectivity index (χ4v) is 15.3. The summed E-state index contributed by atoms with van der Waals surface area (Å²) in [7, 11) is 1.55. The molecule has 9 heterocycles. The Morgan fingerprint density at radius 1 is 0.844 bits per heavy atom. The van der Waals surface area contributed by atoms with E-state index in [0.717, 1.165) is 83.0 Å². The molecule has 0 aliphatic carbocycles. The Labute approximate surface area is 564 Å². The summed E-state index contributed by atoms with van der Waals surface area (Å²) >= 11 is 1.60. The number of halogens is 1. The zero-order valence-corrected chi connectivity index (χ0v) is 57.5. The lowest BCUT2D eigenvalue weighted by Crippen LogP contribution is -2.57. The number of rotatable bonds is 20. The monoisotopic (exact) mass is 1340 g/mol. The molecule has 5 aliphatic rings. The number of carbonyl (C=O) groups is 4. The van der Waals surface area contributed by atoms with Crippen LogP contribution in [0, 0.1) is 18.7 Å². The molecule has 5 aliphatic heterocycles. The summed E-state index contributed by atoms with van der Waals surface area (Å²) in [4.78, 5) is 85.6. The van der Waals surface area contributed by atoms with E-state index in [1.165, 1.54) is 0 Å². The molecule has 2 bridgehead atoms. The SMILES string of the molecule is CCc1cccc2cc(OCOC)cc(-c3ncc4c(N5CC6CCC(C5)N6C(=O)OC(C)(C)C)nc(OCN5CCCCCCC5COC(=O)N5CCC(Oc6cc(C(C(=O)N7CCCC7C(=O)NC(C)c7ccc(-c8scnc8C)cc7)C(C)C)on6)CC5)nc4c3F)c12. The number of thiazole rings is 1. The molecular weight excluding hydrogens is 1250 g/mol. The molecule has 6 atom stereocenters. The number of likely N-dealkylation sites (tertiary alicyclic amines) is 3. The minimum atomic E-state index is -0.689. The van der Waals surface area contributed by atoms with E-state index in [-0.39, 0.29) is 97.3 Å². The van der Waals surface area contributed by atoms with Crippen molar-refractivity contribution in [2.24, 2.45) is 5.92 Å². The van der Waals surface area contributed by atoms with Gasteiger partial charge in [0.2, 0.25) is 11.8 Å². The van der Waals surface area contributed by atoms with Crippen molar-refractivity contribution in [1.29, 1.82) is 0 Å². The van der Waals surface area contributed by atoms with Gasteiger partial charge in [-0.15, -0.1) is 11.3 Å².